The number of rotatable bonds is 2. The molecule has 0 aliphatic carbocycles. The quantitative estimate of drug-likeness (QED) is 0.671. The first-order valence-electron chi connectivity index (χ1n) is 4.44. The molecule has 1 aromatic heterocycles. The van der Waals surface area contributed by atoms with Gasteiger partial charge in [0.05, 0.1) is 19.1 Å². The summed E-state index contributed by atoms with van der Waals surface area (Å²) in [4.78, 5) is 4.28. The van der Waals surface area contributed by atoms with Gasteiger partial charge < -0.3 is 4.74 Å². The predicted molar refractivity (Wildman–Crippen MR) is 57.8 cm³/mol. The number of aromatic nitrogens is 1. The number of hydrogen-bond acceptors (Lipinski definition) is 2. The summed E-state index contributed by atoms with van der Waals surface area (Å²) in [6.45, 7) is 0. The summed E-state index contributed by atoms with van der Waals surface area (Å²) in [5, 5.41) is 2.35. The van der Waals surface area contributed by atoms with E-state index < -0.39 is 0 Å². The van der Waals surface area contributed by atoms with Crippen molar-refractivity contribution in [1.82, 2.24) is 4.98 Å². The lowest BCUT2D eigenvalue weighted by molar-refractivity contribution is 0.341. The predicted octanol–water partition coefficient (Wildman–Crippen LogP) is 2.85. The van der Waals surface area contributed by atoms with Crippen molar-refractivity contribution < 1.29 is 4.74 Å². The average Bonchev–Trinajstić information content (AvgIpc) is 2.26. The Bertz CT molecular complexity index is 463. The molecule has 1 heterocycles. The van der Waals surface area contributed by atoms with Crippen LogP contribution >= 0.6 is 0 Å². The zero-order chi connectivity index (χ0) is 9.80. The molecule has 0 amide bonds. The van der Waals surface area contributed by atoms with Crippen LogP contribution < -0.4 is 0 Å². The lowest BCUT2D eigenvalue weighted by atomic mass is 10.1. The number of ether oxygens (including phenoxy) is 1. The topological polar surface area (TPSA) is 22.1 Å². The molecule has 0 spiro atoms. The number of benzene rings is 1. The van der Waals surface area contributed by atoms with Crippen LogP contribution in [0.1, 0.15) is 5.69 Å². The first-order valence-corrected chi connectivity index (χ1v) is 4.44. The molecule has 14 heavy (non-hydrogen) atoms. The molecule has 2 rings (SSSR count). The van der Waals surface area contributed by atoms with E-state index in [1.54, 1.807) is 13.4 Å². The Morgan fingerprint density at radius 1 is 1.21 bits per heavy atom. The van der Waals surface area contributed by atoms with E-state index in [1.165, 1.54) is 5.39 Å². The molecule has 0 unspecified atom stereocenters. The summed E-state index contributed by atoms with van der Waals surface area (Å²) in [7, 11) is 1.62. The zero-order valence-corrected chi connectivity index (χ0v) is 7.97. The van der Waals surface area contributed by atoms with Crippen LogP contribution in [0.3, 0.4) is 0 Å². The summed E-state index contributed by atoms with van der Waals surface area (Å²) in [6, 6.07) is 10.2. The van der Waals surface area contributed by atoms with Gasteiger partial charge in [0.25, 0.3) is 0 Å². The van der Waals surface area contributed by atoms with Gasteiger partial charge in [0, 0.05) is 11.6 Å². The maximum absolute atomic E-state index is 4.84. The molecule has 70 valence electrons. The summed E-state index contributed by atoms with van der Waals surface area (Å²) >= 11 is 0. The maximum Gasteiger partial charge on any atom is 0.0846 e. The molecule has 0 atom stereocenters. The van der Waals surface area contributed by atoms with Gasteiger partial charge in [-0.3, -0.25) is 4.98 Å². The van der Waals surface area contributed by atoms with E-state index in [0.29, 0.717) is 0 Å². The third-order valence-electron chi connectivity index (χ3n) is 2.03. The lowest BCUT2D eigenvalue weighted by Crippen LogP contribution is -1.81. The van der Waals surface area contributed by atoms with Crippen LogP contribution in [0.25, 0.3) is 16.8 Å². The summed E-state index contributed by atoms with van der Waals surface area (Å²) in [5.74, 6) is 0. The lowest BCUT2D eigenvalue weighted by Gasteiger charge is -1.97. The molecular weight excluding hydrogens is 174 g/mol. The molecule has 0 bridgehead atoms. The van der Waals surface area contributed by atoms with E-state index in [-0.39, 0.29) is 0 Å². The first kappa shape index (κ1) is 8.75. The first-order chi connectivity index (χ1) is 6.90. The minimum atomic E-state index is 0.908. The Hall–Kier alpha value is -1.83. The Balaban J connectivity index is 2.46. The third kappa shape index (κ3) is 1.74. The average molecular weight is 185 g/mol. The van der Waals surface area contributed by atoms with Crippen molar-refractivity contribution in [3.8, 4) is 0 Å². The zero-order valence-electron chi connectivity index (χ0n) is 7.97. The molecule has 2 nitrogen and oxygen atoms in total. The standard InChI is InChI=1S/C12H11NO/c1-14-7-6-12-8-10-4-2-3-5-11(10)9-13-12/h2-9H,1H3/b7-6-. The maximum atomic E-state index is 4.84. The van der Waals surface area contributed by atoms with E-state index in [2.05, 4.69) is 11.1 Å². The molecule has 0 aliphatic rings. The van der Waals surface area contributed by atoms with Crippen LogP contribution in [-0.2, 0) is 4.74 Å². The number of methoxy groups -OCH3 is 1. The minimum absolute atomic E-state index is 0.908. The number of fused-ring (bicyclic) bond motifs is 1. The second-order valence-corrected chi connectivity index (χ2v) is 2.99. The Kier molecular flexibility index (Phi) is 2.45. The van der Waals surface area contributed by atoms with Crippen LogP contribution in [-0.4, -0.2) is 12.1 Å². The van der Waals surface area contributed by atoms with Gasteiger partial charge in [-0.15, -0.1) is 0 Å². The van der Waals surface area contributed by atoms with Crippen LogP contribution in [0, 0.1) is 0 Å². The molecular formula is C12H11NO. The molecule has 1 aromatic carbocycles. The van der Waals surface area contributed by atoms with Gasteiger partial charge in [-0.25, -0.2) is 0 Å². The molecule has 0 aliphatic heterocycles. The van der Waals surface area contributed by atoms with Crippen LogP contribution in [0.2, 0.25) is 0 Å². The molecule has 0 radical (unpaired) electrons. The normalized spacial score (nSPS) is 10.9. The number of pyridine rings is 1. The van der Waals surface area contributed by atoms with Gasteiger partial charge >= 0.3 is 0 Å². The summed E-state index contributed by atoms with van der Waals surface area (Å²) < 4.78 is 4.84. The second-order valence-electron chi connectivity index (χ2n) is 2.99. The van der Waals surface area contributed by atoms with Crippen molar-refractivity contribution in [3.05, 3.63) is 48.5 Å². The fraction of sp³-hybridized carbons (Fsp3) is 0.0833. The van der Waals surface area contributed by atoms with E-state index in [4.69, 9.17) is 4.74 Å². The van der Waals surface area contributed by atoms with Crippen molar-refractivity contribution in [2.24, 2.45) is 0 Å². The van der Waals surface area contributed by atoms with Crippen molar-refractivity contribution in [3.63, 3.8) is 0 Å². The Morgan fingerprint density at radius 3 is 2.79 bits per heavy atom. The van der Waals surface area contributed by atoms with Gasteiger partial charge in [-0.05, 0) is 17.5 Å². The van der Waals surface area contributed by atoms with Gasteiger partial charge in [0.15, 0.2) is 0 Å². The highest BCUT2D eigenvalue weighted by Gasteiger charge is 1.93. The Labute approximate surface area is 82.9 Å². The fourth-order valence-electron chi connectivity index (χ4n) is 1.33. The molecule has 0 fully saturated rings. The highest BCUT2D eigenvalue weighted by atomic mass is 16.5. The largest absolute Gasteiger partial charge is 0.504 e. The minimum Gasteiger partial charge on any atom is -0.504 e. The van der Waals surface area contributed by atoms with Crippen molar-refractivity contribution in [2.45, 2.75) is 0 Å². The van der Waals surface area contributed by atoms with Gasteiger partial charge in [0.2, 0.25) is 0 Å². The van der Waals surface area contributed by atoms with Crippen molar-refractivity contribution >= 4 is 16.8 Å². The van der Waals surface area contributed by atoms with Gasteiger partial charge in [-0.1, -0.05) is 24.3 Å². The summed E-state index contributed by atoms with van der Waals surface area (Å²) in [6.07, 6.45) is 5.33. The molecule has 0 saturated carbocycles. The van der Waals surface area contributed by atoms with E-state index in [1.807, 2.05) is 36.5 Å². The van der Waals surface area contributed by atoms with Crippen LogP contribution in [0.15, 0.2) is 42.8 Å². The SMILES string of the molecule is CO/C=C\c1cc2ccccc2cn1. The molecule has 0 saturated heterocycles. The van der Waals surface area contributed by atoms with E-state index >= 15 is 0 Å². The van der Waals surface area contributed by atoms with Crippen molar-refractivity contribution in [1.29, 1.82) is 0 Å². The van der Waals surface area contributed by atoms with Crippen LogP contribution in [0.4, 0.5) is 0 Å². The third-order valence-corrected chi connectivity index (χ3v) is 2.03. The van der Waals surface area contributed by atoms with Gasteiger partial charge in [-0.2, -0.15) is 0 Å². The number of hydrogen-bond donors (Lipinski definition) is 0. The Morgan fingerprint density at radius 2 is 2.00 bits per heavy atom. The van der Waals surface area contributed by atoms with Crippen LogP contribution in [0.5, 0.6) is 0 Å². The number of nitrogens with zero attached hydrogens (tertiary/aromatic N) is 1. The van der Waals surface area contributed by atoms with Gasteiger partial charge in [0.1, 0.15) is 0 Å². The van der Waals surface area contributed by atoms with E-state index in [0.717, 1.165) is 11.1 Å². The smallest absolute Gasteiger partial charge is 0.0846 e. The summed E-state index contributed by atoms with van der Waals surface area (Å²) in [5.41, 5.74) is 0.908. The molecule has 0 N–H and O–H groups in total. The van der Waals surface area contributed by atoms with E-state index in [9.17, 15) is 0 Å². The molecule has 2 aromatic rings. The second kappa shape index (κ2) is 3.92. The highest BCUT2D eigenvalue weighted by molar-refractivity contribution is 5.82. The molecule has 2 heteroatoms. The highest BCUT2D eigenvalue weighted by Crippen LogP contribution is 2.13. The fourth-order valence-corrected chi connectivity index (χ4v) is 1.33. The monoisotopic (exact) mass is 185 g/mol. The van der Waals surface area contributed by atoms with Crippen molar-refractivity contribution in [2.75, 3.05) is 7.11 Å².